The van der Waals surface area contributed by atoms with Crippen molar-refractivity contribution in [2.45, 2.75) is 45.3 Å². The Morgan fingerprint density at radius 2 is 1.55 bits per heavy atom. The third-order valence-corrected chi connectivity index (χ3v) is 7.78. The Balaban J connectivity index is 2.08. The number of nitrogens with one attached hydrogen (secondary N) is 1. The molecule has 0 spiro atoms. The zero-order valence-electron chi connectivity index (χ0n) is 22.7. The molecule has 0 aromatic heterocycles. The van der Waals surface area contributed by atoms with Crippen molar-refractivity contribution >= 4 is 50.7 Å². The van der Waals surface area contributed by atoms with E-state index >= 15 is 0 Å². The zero-order valence-corrected chi connectivity index (χ0v) is 25.0. The summed E-state index contributed by atoms with van der Waals surface area (Å²) in [4.78, 5) is 29.0. The van der Waals surface area contributed by atoms with Crippen molar-refractivity contribution in [1.29, 1.82) is 0 Å². The van der Waals surface area contributed by atoms with Crippen molar-refractivity contribution < 1.29 is 22.4 Å². The lowest BCUT2D eigenvalue weighted by molar-refractivity contribution is -0.140. The molecule has 1 N–H and O–H groups in total. The number of amides is 2. The Labute approximate surface area is 244 Å². The molecule has 1 atom stereocenters. The smallest absolute Gasteiger partial charge is 0.244 e. The van der Waals surface area contributed by atoms with E-state index in [1.807, 2.05) is 51.1 Å². The molecule has 0 aliphatic heterocycles. The minimum Gasteiger partial charge on any atom is -0.350 e. The molecule has 0 unspecified atom stereocenters. The van der Waals surface area contributed by atoms with Crippen LogP contribution in [0.25, 0.3) is 0 Å². The van der Waals surface area contributed by atoms with Gasteiger partial charge in [-0.15, -0.1) is 0 Å². The normalized spacial score (nSPS) is 12.5. The second-order valence-electron chi connectivity index (χ2n) is 10.5. The van der Waals surface area contributed by atoms with E-state index in [1.165, 1.54) is 17.0 Å². The molecule has 0 saturated carbocycles. The summed E-state index contributed by atoms with van der Waals surface area (Å²) >= 11 is 12.3. The molecule has 3 rings (SSSR count). The molecule has 0 bridgehead atoms. The fraction of sp³-hybridized carbons (Fsp3) is 0.310. The maximum absolute atomic E-state index is 14.0. The lowest BCUT2D eigenvalue weighted by Crippen LogP contribution is -2.56. The predicted molar refractivity (Wildman–Crippen MR) is 157 cm³/mol. The van der Waals surface area contributed by atoms with E-state index in [0.717, 1.165) is 28.3 Å². The van der Waals surface area contributed by atoms with E-state index in [2.05, 4.69) is 5.32 Å². The molecular weight excluding hydrogens is 576 g/mol. The van der Waals surface area contributed by atoms with Gasteiger partial charge in [0.05, 0.1) is 22.0 Å². The van der Waals surface area contributed by atoms with Crippen LogP contribution in [0.15, 0.2) is 72.8 Å². The molecule has 0 fully saturated rings. The maximum Gasteiger partial charge on any atom is 0.244 e. The van der Waals surface area contributed by atoms with Gasteiger partial charge in [-0.3, -0.25) is 13.9 Å². The monoisotopic (exact) mass is 607 g/mol. The standard InChI is InChI=1S/C29H32Cl2FN3O4S/c1-29(2,3)33-28(37)26(17-20-8-6-5-7-9-20)34(18-21-10-15-24(30)25(31)16-21)27(36)19-35(40(4,38)39)23-13-11-22(32)12-14-23/h5-16,26H,17-19H2,1-4H3,(H,33,37)/t26-/m0/s1. The summed E-state index contributed by atoms with van der Waals surface area (Å²) in [5, 5.41) is 3.55. The first-order chi connectivity index (χ1) is 18.6. The van der Waals surface area contributed by atoms with E-state index in [-0.39, 0.29) is 23.7 Å². The zero-order chi connectivity index (χ0) is 29.7. The highest BCUT2D eigenvalue weighted by Crippen LogP contribution is 2.25. The predicted octanol–water partition coefficient (Wildman–Crippen LogP) is 5.45. The topological polar surface area (TPSA) is 86.8 Å². The summed E-state index contributed by atoms with van der Waals surface area (Å²) in [5.74, 6) is -1.59. The summed E-state index contributed by atoms with van der Waals surface area (Å²) in [7, 11) is -3.95. The minimum atomic E-state index is -3.95. The molecule has 0 heterocycles. The molecule has 7 nitrogen and oxygen atoms in total. The number of halogens is 3. The van der Waals surface area contributed by atoms with Gasteiger partial charge < -0.3 is 10.2 Å². The summed E-state index contributed by atoms with van der Waals surface area (Å²) in [6.45, 7) is 4.83. The van der Waals surface area contributed by atoms with Gasteiger partial charge in [-0.25, -0.2) is 12.8 Å². The van der Waals surface area contributed by atoms with Crippen molar-refractivity contribution in [3.05, 3.63) is 99.8 Å². The van der Waals surface area contributed by atoms with Crippen molar-refractivity contribution in [3.8, 4) is 0 Å². The summed E-state index contributed by atoms with van der Waals surface area (Å²) in [6, 6.07) is 17.9. The first-order valence-electron chi connectivity index (χ1n) is 12.5. The number of nitrogens with zero attached hydrogens (tertiary/aromatic N) is 2. The maximum atomic E-state index is 14.0. The number of carbonyl (C=O) groups is 2. The van der Waals surface area contributed by atoms with Gasteiger partial charge in [-0.2, -0.15) is 0 Å². The number of carbonyl (C=O) groups excluding carboxylic acids is 2. The lowest BCUT2D eigenvalue weighted by Gasteiger charge is -2.35. The number of rotatable bonds is 10. The van der Waals surface area contributed by atoms with Crippen molar-refractivity contribution in [2.24, 2.45) is 0 Å². The molecule has 3 aromatic carbocycles. The van der Waals surface area contributed by atoms with Crippen LogP contribution in [0.1, 0.15) is 31.9 Å². The van der Waals surface area contributed by atoms with Crippen LogP contribution in [0.5, 0.6) is 0 Å². The van der Waals surface area contributed by atoms with Gasteiger partial charge in [-0.1, -0.05) is 59.6 Å². The quantitative estimate of drug-likeness (QED) is 0.332. The molecule has 40 heavy (non-hydrogen) atoms. The van der Waals surface area contributed by atoms with Crippen LogP contribution in [0, 0.1) is 5.82 Å². The Morgan fingerprint density at radius 1 is 0.925 bits per heavy atom. The summed E-state index contributed by atoms with van der Waals surface area (Å²) in [5.41, 5.74) is 0.918. The minimum absolute atomic E-state index is 0.0498. The molecular formula is C29H32Cl2FN3O4S. The van der Waals surface area contributed by atoms with Gasteiger partial charge in [-0.05, 0) is 68.3 Å². The number of hydrogen-bond donors (Lipinski definition) is 1. The van der Waals surface area contributed by atoms with Gasteiger partial charge >= 0.3 is 0 Å². The molecule has 2 amide bonds. The number of anilines is 1. The van der Waals surface area contributed by atoms with E-state index in [4.69, 9.17) is 23.2 Å². The van der Waals surface area contributed by atoms with Crippen molar-refractivity contribution in [1.82, 2.24) is 10.2 Å². The average Bonchev–Trinajstić information content (AvgIpc) is 2.86. The van der Waals surface area contributed by atoms with Crippen LogP contribution in [0.2, 0.25) is 10.0 Å². The third-order valence-electron chi connectivity index (χ3n) is 5.90. The van der Waals surface area contributed by atoms with E-state index in [1.54, 1.807) is 18.2 Å². The SMILES string of the molecule is CC(C)(C)NC(=O)[C@H](Cc1ccccc1)N(Cc1ccc(Cl)c(Cl)c1)C(=O)CN(c1ccc(F)cc1)S(C)(=O)=O. The highest BCUT2D eigenvalue weighted by molar-refractivity contribution is 7.92. The van der Waals surface area contributed by atoms with Gasteiger partial charge in [0.1, 0.15) is 18.4 Å². The Bertz CT molecular complexity index is 1450. The van der Waals surface area contributed by atoms with Crippen LogP contribution in [0.4, 0.5) is 10.1 Å². The second-order valence-corrected chi connectivity index (χ2v) is 13.2. The van der Waals surface area contributed by atoms with Gasteiger partial charge in [0.15, 0.2) is 0 Å². The van der Waals surface area contributed by atoms with Crippen LogP contribution in [-0.2, 0) is 32.6 Å². The molecule has 0 radical (unpaired) electrons. The first kappa shape index (κ1) is 31.4. The number of hydrogen-bond acceptors (Lipinski definition) is 4. The van der Waals surface area contributed by atoms with E-state index in [0.29, 0.717) is 10.6 Å². The number of benzene rings is 3. The van der Waals surface area contributed by atoms with Gasteiger partial charge in [0.25, 0.3) is 0 Å². The third kappa shape index (κ3) is 8.94. The van der Waals surface area contributed by atoms with Gasteiger partial charge in [0, 0.05) is 18.5 Å². The van der Waals surface area contributed by atoms with E-state index < -0.39 is 45.8 Å². The van der Waals surface area contributed by atoms with Crippen LogP contribution in [-0.4, -0.2) is 49.5 Å². The Kier molecular flexibility index (Phi) is 10.2. The average molecular weight is 609 g/mol. The molecule has 11 heteroatoms. The first-order valence-corrected chi connectivity index (χ1v) is 15.1. The fourth-order valence-corrected chi connectivity index (χ4v) is 5.23. The molecule has 0 aliphatic rings. The number of sulfonamides is 1. The van der Waals surface area contributed by atoms with Crippen molar-refractivity contribution in [3.63, 3.8) is 0 Å². The molecule has 0 saturated heterocycles. The van der Waals surface area contributed by atoms with Crippen LogP contribution >= 0.6 is 23.2 Å². The molecule has 3 aromatic rings. The van der Waals surface area contributed by atoms with Crippen LogP contribution in [0.3, 0.4) is 0 Å². The highest BCUT2D eigenvalue weighted by atomic mass is 35.5. The summed E-state index contributed by atoms with van der Waals surface area (Å²) < 4.78 is 40.0. The van der Waals surface area contributed by atoms with Crippen molar-refractivity contribution in [2.75, 3.05) is 17.1 Å². The lowest BCUT2D eigenvalue weighted by atomic mass is 10.0. The largest absolute Gasteiger partial charge is 0.350 e. The fourth-order valence-electron chi connectivity index (χ4n) is 4.06. The summed E-state index contributed by atoms with van der Waals surface area (Å²) in [6.07, 6.45) is 1.13. The van der Waals surface area contributed by atoms with E-state index in [9.17, 15) is 22.4 Å². The van der Waals surface area contributed by atoms with Crippen LogP contribution < -0.4 is 9.62 Å². The molecule has 214 valence electrons. The highest BCUT2D eigenvalue weighted by Gasteiger charge is 2.34. The Morgan fingerprint density at radius 3 is 2.10 bits per heavy atom. The molecule has 0 aliphatic carbocycles. The Hall–Kier alpha value is -3.14. The second kappa shape index (κ2) is 13.0. The van der Waals surface area contributed by atoms with Gasteiger partial charge in [0.2, 0.25) is 21.8 Å².